The van der Waals surface area contributed by atoms with Crippen LogP contribution in [0.5, 0.6) is 0 Å². The highest BCUT2D eigenvalue weighted by molar-refractivity contribution is 5.89. The first kappa shape index (κ1) is 20.1. The lowest BCUT2D eigenvalue weighted by Crippen LogP contribution is -2.08. The molecule has 0 atom stereocenters. The van der Waals surface area contributed by atoms with Crippen LogP contribution in [-0.2, 0) is 6.54 Å². The number of fused-ring (bicyclic) bond motifs is 1. The van der Waals surface area contributed by atoms with Gasteiger partial charge in [0.2, 0.25) is 0 Å². The zero-order chi connectivity index (χ0) is 22.1. The number of nitrogens with zero attached hydrogens (tertiary/aromatic N) is 2. The number of benzene rings is 2. The number of rotatable bonds is 5. The van der Waals surface area contributed by atoms with E-state index in [4.69, 9.17) is 10.8 Å². The normalized spacial score (nSPS) is 10.9. The van der Waals surface area contributed by atoms with Crippen LogP contribution in [0.2, 0.25) is 0 Å². The summed E-state index contributed by atoms with van der Waals surface area (Å²) in [5.74, 6) is -4.42. The number of nitrogen functional groups attached to an aromatic ring is 1. The lowest BCUT2D eigenvalue weighted by Gasteiger charge is -2.12. The van der Waals surface area contributed by atoms with Crippen molar-refractivity contribution in [3.05, 3.63) is 83.3 Å². The van der Waals surface area contributed by atoms with Gasteiger partial charge in [-0.3, -0.25) is 4.98 Å². The van der Waals surface area contributed by atoms with Gasteiger partial charge in [0.1, 0.15) is 28.8 Å². The van der Waals surface area contributed by atoms with E-state index in [1.54, 1.807) is 18.3 Å². The highest BCUT2D eigenvalue weighted by atomic mass is 19.1. The standard InChI is InChI=1S/C22H15F3N4O2/c23-14-9-19-11(2-1-5-27-19)6-13(14)10-28-21-17(26)3-4-18(29-21)12-7-15(24)20(22(30)31)16(25)8-12/h1-9H,10,26H2,(H,28,29)(H,30,31). The quantitative estimate of drug-likeness (QED) is 0.433. The molecule has 31 heavy (non-hydrogen) atoms. The van der Waals surface area contributed by atoms with Crippen molar-refractivity contribution < 1.29 is 23.1 Å². The van der Waals surface area contributed by atoms with E-state index < -0.39 is 29.0 Å². The van der Waals surface area contributed by atoms with Crippen LogP contribution in [0.1, 0.15) is 15.9 Å². The topological polar surface area (TPSA) is 101 Å². The Hall–Kier alpha value is -4.14. The fraction of sp³-hybridized carbons (Fsp3) is 0.0455. The average molecular weight is 424 g/mol. The van der Waals surface area contributed by atoms with E-state index in [9.17, 15) is 18.0 Å². The molecule has 2 heterocycles. The van der Waals surface area contributed by atoms with Gasteiger partial charge in [0.25, 0.3) is 0 Å². The maximum absolute atomic E-state index is 14.4. The molecule has 0 fully saturated rings. The summed E-state index contributed by atoms with van der Waals surface area (Å²) >= 11 is 0. The van der Waals surface area contributed by atoms with Gasteiger partial charge in [0.15, 0.2) is 0 Å². The Balaban J connectivity index is 1.63. The molecule has 6 nitrogen and oxygen atoms in total. The zero-order valence-corrected chi connectivity index (χ0v) is 15.9. The second kappa shape index (κ2) is 7.94. The molecular weight excluding hydrogens is 409 g/mol. The van der Waals surface area contributed by atoms with Crippen molar-refractivity contribution in [1.82, 2.24) is 9.97 Å². The second-order valence-electron chi connectivity index (χ2n) is 6.75. The summed E-state index contributed by atoms with van der Waals surface area (Å²) in [6, 6.07) is 11.2. The first-order valence-electron chi connectivity index (χ1n) is 9.09. The van der Waals surface area contributed by atoms with E-state index >= 15 is 0 Å². The smallest absolute Gasteiger partial charge is 0.341 e. The van der Waals surface area contributed by atoms with Crippen molar-refractivity contribution in [3.63, 3.8) is 0 Å². The van der Waals surface area contributed by atoms with E-state index in [0.717, 1.165) is 17.5 Å². The molecule has 9 heteroatoms. The number of anilines is 2. The van der Waals surface area contributed by atoms with Gasteiger partial charge in [0.05, 0.1) is 16.9 Å². The van der Waals surface area contributed by atoms with Gasteiger partial charge in [-0.25, -0.2) is 22.9 Å². The molecule has 0 bridgehead atoms. The van der Waals surface area contributed by atoms with Crippen molar-refractivity contribution >= 4 is 28.4 Å². The number of carboxylic acids is 1. The van der Waals surface area contributed by atoms with Crippen LogP contribution in [-0.4, -0.2) is 21.0 Å². The number of carboxylic acid groups (broad SMARTS) is 1. The lowest BCUT2D eigenvalue weighted by molar-refractivity contribution is 0.0686. The number of nitrogens with two attached hydrogens (primary N) is 1. The number of halogens is 3. The first-order valence-corrected chi connectivity index (χ1v) is 9.09. The molecule has 0 radical (unpaired) electrons. The third-order valence-electron chi connectivity index (χ3n) is 4.70. The molecule has 0 aliphatic rings. The molecule has 0 aliphatic heterocycles. The Morgan fingerprint density at radius 3 is 2.48 bits per heavy atom. The Kier molecular flexibility index (Phi) is 5.16. The number of nitrogens with one attached hydrogen (secondary N) is 1. The SMILES string of the molecule is Nc1ccc(-c2cc(F)c(C(=O)O)c(F)c2)nc1NCc1cc2cccnc2cc1F. The van der Waals surface area contributed by atoms with Crippen LogP contribution in [0.25, 0.3) is 22.2 Å². The Bertz CT molecular complexity index is 1300. The van der Waals surface area contributed by atoms with Gasteiger partial charge in [-0.05, 0) is 36.4 Å². The van der Waals surface area contributed by atoms with Gasteiger partial charge in [0, 0.05) is 35.3 Å². The van der Waals surface area contributed by atoms with Gasteiger partial charge < -0.3 is 16.2 Å². The fourth-order valence-electron chi connectivity index (χ4n) is 3.15. The first-order chi connectivity index (χ1) is 14.8. The minimum Gasteiger partial charge on any atom is -0.477 e. The highest BCUT2D eigenvalue weighted by Gasteiger charge is 2.19. The zero-order valence-electron chi connectivity index (χ0n) is 15.9. The number of hydrogen-bond acceptors (Lipinski definition) is 5. The summed E-state index contributed by atoms with van der Waals surface area (Å²) in [4.78, 5) is 19.3. The maximum Gasteiger partial charge on any atom is 0.341 e. The van der Waals surface area contributed by atoms with Gasteiger partial charge in [-0.1, -0.05) is 6.07 Å². The Morgan fingerprint density at radius 1 is 1.03 bits per heavy atom. The summed E-state index contributed by atoms with van der Waals surface area (Å²) < 4.78 is 42.5. The van der Waals surface area contributed by atoms with Crippen molar-refractivity contribution in [2.75, 3.05) is 11.1 Å². The van der Waals surface area contributed by atoms with Crippen LogP contribution in [0.4, 0.5) is 24.7 Å². The lowest BCUT2D eigenvalue weighted by atomic mass is 10.1. The molecule has 4 rings (SSSR count). The predicted octanol–water partition coefficient (Wildman–Crippen LogP) is 4.61. The van der Waals surface area contributed by atoms with E-state index in [1.807, 2.05) is 6.07 Å². The number of hydrogen-bond donors (Lipinski definition) is 3. The van der Waals surface area contributed by atoms with E-state index in [2.05, 4.69) is 15.3 Å². The van der Waals surface area contributed by atoms with E-state index in [0.29, 0.717) is 11.1 Å². The van der Waals surface area contributed by atoms with Crippen LogP contribution in [0, 0.1) is 17.5 Å². The Morgan fingerprint density at radius 2 is 1.77 bits per heavy atom. The van der Waals surface area contributed by atoms with Gasteiger partial charge in [-0.2, -0.15) is 0 Å². The molecule has 0 amide bonds. The monoisotopic (exact) mass is 424 g/mol. The number of aromatic nitrogens is 2. The summed E-state index contributed by atoms with van der Waals surface area (Å²) in [6.45, 7) is 0.0536. The third-order valence-corrected chi connectivity index (χ3v) is 4.70. The van der Waals surface area contributed by atoms with Crippen LogP contribution >= 0.6 is 0 Å². The molecule has 0 unspecified atom stereocenters. The minimum absolute atomic E-state index is 0.0333. The summed E-state index contributed by atoms with van der Waals surface area (Å²) in [6.07, 6.45) is 1.57. The van der Waals surface area contributed by atoms with Gasteiger partial charge in [-0.15, -0.1) is 0 Å². The third kappa shape index (κ3) is 3.97. The summed E-state index contributed by atoms with van der Waals surface area (Å²) in [7, 11) is 0. The Labute approximate surface area is 174 Å². The molecule has 4 N–H and O–H groups in total. The fourth-order valence-corrected chi connectivity index (χ4v) is 3.15. The van der Waals surface area contributed by atoms with Crippen LogP contribution in [0.15, 0.2) is 54.7 Å². The van der Waals surface area contributed by atoms with E-state index in [1.165, 1.54) is 18.2 Å². The maximum atomic E-state index is 14.4. The van der Waals surface area contributed by atoms with Gasteiger partial charge >= 0.3 is 5.97 Å². The van der Waals surface area contributed by atoms with E-state index in [-0.39, 0.29) is 29.3 Å². The van der Waals surface area contributed by atoms with Crippen molar-refractivity contribution in [2.45, 2.75) is 6.54 Å². The molecule has 4 aromatic rings. The molecule has 156 valence electrons. The minimum atomic E-state index is -1.71. The molecule has 0 saturated heterocycles. The highest BCUT2D eigenvalue weighted by Crippen LogP contribution is 2.27. The summed E-state index contributed by atoms with van der Waals surface area (Å²) in [5, 5.41) is 12.6. The van der Waals surface area contributed by atoms with Crippen LogP contribution in [0.3, 0.4) is 0 Å². The molecule has 2 aromatic heterocycles. The second-order valence-corrected chi connectivity index (χ2v) is 6.75. The molecule has 0 spiro atoms. The van der Waals surface area contributed by atoms with Crippen LogP contribution < -0.4 is 11.1 Å². The number of aromatic carboxylic acids is 1. The number of pyridine rings is 2. The predicted molar refractivity (Wildman–Crippen MR) is 110 cm³/mol. The molecule has 2 aromatic carbocycles. The molecule has 0 saturated carbocycles. The molecule has 0 aliphatic carbocycles. The molecular formula is C22H15F3N4O2. The average Bonchev–Trinajstić information content (AvgIpc) is 2.72. The largest absolute Gasteiger partial charge is 0.477 e. The van der Waals surface area contributed by atoms with Crippen molar-refractivity contribution in [1.29, 1.82) is 0 Å². The number of carbonyl (C=O) groups is 1. The van der Waals surface area contributed by atoms with Crippen molar-refractivity contribution in [2.24, 2.45) is 0 Å². The van der Waals surface area contributed by atoms with Crippen molar-refractivity contribution in [3.8, 4) is 11.3 Å². The summed E-state index contributed by atoms with van der Waals surface area (Å²) in [5.41, 5.74) is 6.21.